The summed E-state index contributed by atoms with van der Waals surface area (Å²) < 4.78 is 0. The number of carbonyl (C=O) groups excluding carboxylic acids is 1. The molecular formula is C13H15NO2. The van der Waals surface area contributed by atoms with Crippen molar-refractivity contribution in [2.75, 3.05) is 13.1 Å². The lowest BCUT2D eigenvalue weighted by atomic mass is 10.0. The van der Waals surface area contributed by atoms with Gasteiger partial charge < -0.3 is 10.0 Å². The Kier molecular flexibility index (Phi) is 2.21. The highest BCUT2D eigenvalue weighted by Gasteiger charge is 2.35. The second-order valence-corrected chi connectivity index (χ2v) is 4.77. The second kappa shape index (κ2) is 3.59. The van der Waals surface area contributed by atoms with Crippen molar-refractivity contribution in [3.05, 3.63) is 35.4 Å². The number of benzene rings is 1. The molecule has 1 heterocycles. The van der Waals surface area contributed by atoms with Crippen LogP contribution < -0.4 is 0 Å². The summed E-state index contributed by atoms with van der Waals surface area (Å²) in [5.41, 5.74) is 2.61. The lowest BCUT2D eigenvalue weighted by molar-refractivity contribution is -0.145. The van der Waals surface area contributed by atoms with E-state index in [1.54, 1.807) is 4.90 Å². The molecule has 0 unspecified atom stereocenters. The average Bonchev–Trinajstić information content (AvgIpc) is 2.67. The summed E-state index contributed by atoms with van der Waals surface area (Å²) in [7, 11) is 0. The summed E-state index contributed by atoms with van der Waals surface area (Å²) in [5, 5.41) is 9.19. The van der Waals surface area contributed by atoms with Crippen LogP contribution in [0.25, 0.3) is 0 Å². The largest absolute Gasteiger partial charge is 0.389 e. The van der Waals surface area contributed by atoms with Gasteiger partial charge >= 0.3 is 0 Å². The first kappa shape index (κ1) is 9.85. The number of hydrogen-bond acceptors (Lipinski definition) is 2. The first-order valence-electron chi connectivity index (χ1n) is 5.77. The predicted octanol–water partition coefficient (Wildman–Crippen LogP) is 0.605. The van der Waals surface area contributed by atoms with Gasteiger partial charge in [-0.3, -0.25) is 4.79 Å². The maximum absolute atomic E-state index is 12.1. The molecule has 0 aromatic heterocycles. The van der Waals surface area contributed by atoms with Gasteiger partial charge in [0.15, 0.2) is 0 Å². The highest BCUT2D eigenvalue weighted by molar-refractivity contribution is 5.81. The number of fused-ring (bicyclic) bond motifs is 1. The quantitative estimate of drug-likeness (QED) is 0.748. The molecule has 1 aromatic carbocycles. The van der Waals surface area contributed by atoms with Crippen LogP contribution in [0.2, 0.25) is 0 Å². The van der Waals surface area contributed by atoms with Gasteiger partial charge in [-0.1, -0.05) is 24.3 Å². The van der Waals surface area contributed by atoms with E-state index in [2.05, 4.69) is 12.1 Å². The topological polar surface area (TPSA) is 40.5 Å². The van der Waals surface area contributed by atoms with Crippen molar-refractivity contribution in [3.63, 3.8) is 0 Å². The van der Waals surface area contributed by atoms with Crippen LogP contribution in [0.5, 0.6) is 0 Å². The van der Waals surface area contributed by atoms with Gasteiger partial charge in [-0.15, -0.1) is 0 Å². The minimum Gasteiger partial charge on any atom is -0.389 e. The molecule has 84 valence electrons. The van der Waals surface area contributed by atoms with Gasteiger partial charge in [-0.25, -0.2) is 0 Å². The third kappa shape index (κ3) is 1.52. The number of aliphatic hydroxyl groups is 1. The van der Waals surface area contributed by atoms with Gasteiger partial charge in [0.25, 0.3) is 0 Å². The molecule has 3 nitrogen and oxygen atoms in total. The fraction of sp³-hybridized carbons (Fsp3) is 0.462. The molecule has 0 spiro atoms. The van der Waals surface area contributed by atoms with Gasteiger partial charge in [0.1, 0.15) is 0 Å². The summed E-state index contributed by atoms with van der Waals surface area (Å²) in [6, 6.07) is 8.26. The van der Waals surface area contributed by atoms with Crippen molar-refractivity contribution in [1.29, 1.82) is 0 Å². The zero-order valence-corrected chi connectivity index (χ0v) is 9.10. The molecule has 0 atom stereocenters. The van der Waals surface area contributed by atoms with Crippen LogP contribution in [0.15, 0.2) is 24.3 Å². The summed E-state index contributed by atoms with van der Waals surface area (Å²) in [6.45, 7) is 1.04. The summed E-state index contributed by atoms with van der Waals surface area (Å²) in [6.07, 6.45) is 1.43. The average molecular weight is 217 g/mol. The second-order valence-electron chi connectivity index (χ2n) is 4.77. The van der Waals surface area contributed by atoms with Crippen molar-refractivity contribution in [2.45, 2.75) is 18.9 Å². The predicted molar refractivity (Wildman–Crippen MR) is 59.9 cm³/mol. The summed E-state index contributed by atoms with van der Waals surface area (Å²) in [5.74, 6) is 0.311. The van der Waals surface area contributed by atoms with Crippen molar-refractivity contribution < 1.29 is 9.90 Å². The molecule has 0 radical (unpaired) electrons. The zero-order valence-electron chi connectivity index (χ0n) is 9.10. The Bertz CT molecular complexity index is 399. The summed E-state index contributed by atoms with van der Waals surface area (Å²) in [4.78, 5) is 13.8. The van der Waals surface area contributed by atoms with Crippen LogP contribution in [0.4, 0.5) is 0 Å². The minimum absolute atomic E-state index is 0.102. The maximum atomic E-state index is 12.1. The maximum Gasteiger partial charge on any atom is 0.226 e. The van der Waals surface area contributed by atoms with Gasteiger partial charge in [0, 0.05) is 19.0 Å². The van der Waals surface area contributed by atoms with E-state index in [0.29, 0.717) is 13.1 Å². The van der Waals surface area contributed by atoms with Gasteiger partial charge in [0.2, 0.25) is 5.91 Å². The van der Waals surface area contributed by atoms with E-state index in [1.807, 2.05) is 12.1 Å². The Morgan fingerprint density at radius 2 is 1.75 bits per heavy atom. The third-order valence-electron chi connectivity index (χ3n) is 3.57. The Morgan fingerprint density at radius 1 is 1.19 bits per heavy atom. The van der Waals surface area contributed by atoms with Crippen LogP contribution in [0.3, 0.4) is 0 Å². The lowest BCUT2D eigenvalue weighted by Crippen LogP contribution is -2.55. The van der Waals surface area contributed by atoms with Crippen LogP contribution in [-0.2, 0) is 17.6 Å². The molecule has 1 saturated heterocycles. The van der Waals surface area contributed by atoms with E-state index >= 15 is 0 Å². The van der Waals surface area contributed by atoms with Crippen molar-refractivity contribution >= 4 is 5.91 Å². The Balaban J connectivity index is 1.69. The van der Waals surface area contributed by atoms with E-state index in [0.717, 1.165) is 12.8 Å². The lowest BCUT2D eigenvalue weighted by Gasteiger charge is -2.37. The Labute approximate surface area is 94.7 Å². The number of aliphatic hydroxyl groups excluding tert-OH is 1. The third-order valence-corrected chi connectivity index (χ3v) is 3.57. The van der Waals surface area contributed by atoms with Crippen molar-refractivity contribution in [1.82, 2.24) is 4.90 Å². The molecular weight excluding hydrogens is 202 g/mol. The molecule has 16 heavy (non-hydrogen) atoms. The molecule has 2 aliphatic rings. The molecule has 1 amide bonds. The number of likely N-dealkylation sites (tertiary alicyclic amines) is 1. The first-order chi connectivity index (χ1) is 7.74. The highest BCUT2D eigenvalue weighted by Crippen LogP contribution is 2.28. The van der Waals surface area contributed by atoms with E-state index in [9.17, 15) is 9.90 Å². The fourth-order valence-corrected chi connectivity index (χ4v) is 2.63. The number of hydrogen-bond donors (Lipinski definition) is 1. The highest BCUT2D eigenvalue weighted by atomic mass is 16.3. The monoisotopic (exact) mass is 217 g/mol. The fourth-order valence-electron chi connectivity index (χ4n) is 2.63. The molecule has 0 saturated carbocycles. The molecule has 0 bridgehead atoms. The Morgan fingerprint density at radius 3 is 2.25 bits per heavy atom. The molecule has 1 N–H and O–H groups in total. The number of nitrogens with zero attached hydrogens (tertiary/aromatic N) is 1. The number of rotatable bonds is 1. The van der Waals surface area contributed by atoms with Crippen molar-refractivity contribution in [3.8, 4) is 0 Å². The van der Waals surface area contributed by atoms with E-state index in [1.165, 1.54) is 11.1 Å². The molecule has 1 aliphatic carbocycles. The summed E-state index contributed by atoms with van der Waals surface area (Å²) >= 11 is 0. The normalized spacial score (nSPS) is 20.7. The van der Waals surface area contributed by atoms with Gasteiger partial charge in [-0.2, -0.15) is 0 Å². The molecule has 3 heteroatoms. The van der Waals surface area contributed by atoms with E-state index in [-0.39, 0.29) is 17.9 Å². The first-order valence-corrected chi connectivity index (χ1v) is 5.77. The van der Waals surface area contributed by atoms with Crippen LogP contribution in [0, 0.1) is 5.92 Å². The molecule has 1 aliphatic heterocycles. The minimum atomic E-state index is -0.298. The van der Waals surface area contributed by atoms with Crippen LogP contribution >= 0.6 is 0 Å². The van der Waals surface area contributed by atoms with Crippen molar-refractivity contribution in [2.24, 2.45) is 5.92 Å². The smallest absolute Gasteiger partial charge is 0.226 e. The van der Waals surface area contributed by atoms with E-state index < -0.39 is 0 Å². The zero-order chi connectivity index (χ0) is 11.1. The number of amides is 1. The number of β-amino-alcohol motifs (C(OH)–C–C–N with tert-alkyl or cyclic N) is 1. The Hall–Kier alpha value is -1.35. The van der Waals surface area contributed by atoms with Crippen LogP contribution in [0.1, 0.15) is 11.1 Å². The SMILES string of the molecule is O=C(C1Cc2ccccc2C1)N1CC(O)C1. The number of carbonyl (C=O) groups is 1. The molecule has 1 aromatic rings. The molecule has 3 rings (SSSR count). The van der Waals surface area contributed by atoms with Crippen LogP contribution in [-0.4, -0.2) is 35.1 Å². The standard InChI is InChI=1S/C13H15NO2/c15-12-7-14(8-12)13(16)11-5-9-3-1-2-4-10(9)6-11/h1-4,11-12,15H,5-8H2. The van der Waals surface area contributed by atoms with E-state index in [4.69, 9.17) is 0 Å². The molecule has 1 fully saturated rings. The van der Waals surface area contributed by atoms with Gasteiger partial charge in [-0.05, 0) is 24.0 Å². The van der Waals surface area contributed by atoms with Gasteiger partial charge in [0.05, 0.1) is 6.10 Å².